The minimum Gasteiger partial charge on any atom is -0.484 e. The van der Waals surface area contributed by atoms with Crippen LogP contribution in [0.4, 0.5) is 0 Å². The number of hydrogen-bond donors (Lipinski definition) is 3. The van der Waals surface area contributed by atoms with Crippen LogP contribution in [0, 0.1) is 0 Å². The van der Waals surface area contributed by atoms with Crippen molar-refractivity contribution in [3.05, 3.63) is 95.1 Å². The summed E-state index contributed by atoms with van der Waals surface area (Å²) in [5.74, 6) is -5.83. The van der Waals surface area contributed by atoms with Crippen LogP contribution in [0.5, 0.6) is 23.0 Å². The molecule has 0 aliphatic carbocycles. The number of nitrogens with zero attached hydrogens (tertiary/aromatic N) is 1. The summed E-state index contributed by atoms with van der Waals surface area (Å²) in [7, 11) is 0. The number of hydrogen-bond acceptors (Lipinski definition) is 11. The van der Waals surface area contributed by atoms with Gasteiger partial charge >= 0.3 is 23.9 Å². The molecule has 0 radical (unpaired) electrons. The molecule has 15 nitrogen and oxygen atoms in total. The Morgan fingerprint density at radius 3 is 2.16 bits per heavy atom. The summed E-state index contributed by atoms with van der Waals surface area (Å²) < 4.78 is 23.4. The molecule has 3 atom stereocenters. The smallest absolute Gasteiger partial charge is 0.340 e. The maximum atomic E-state index is 13.1. The molecule has 3 aromatic carbocycles. The maximum absolute atomic E-state index is 13.1. The van der Waals surface area contributed by atoms with Crippen molar-refractivity contribution in [2.24, 2.45) is 0 Å². The summed E-state index contributed by atoms with van der Waals surface area (Å²) in [4.78, 5) is 85.8. The van der Waals surface area contributed by atoms with E-state index >= 15 is 0 Å². The number of fused-ring (bicyclic) bond motifs is 6. The molecule has 0 bridgehead atoms. The topological polar surface area (TPSA) is 212 Å². The average Bonchev–Trinajstić information content (AvgIpc) is 3.56. The van der Waals surface area contributed by atoms with Crippen molar-refractivity contribution in [1.82, 2.24) is 10.2 Å². The van der Waals surface area contributed by atoms with Gasteiger partial charge in [0.2, 0.25) is 0 Å². The molecule has 0 saturated heterocycles. The van der Waals surface area contributed by atoms with Gasteiger partial charge in [0.05, 0.1) is 5.56 Å². The molecule has 0 fully saturated rings. The second-order valence-corrected chi connectivity index (χ2v) is 11.2. The number of rotatable bonds is 11. The average molecular weight is 671 g/mol. The van der Waals surface area contributed by atoms with Crippen molar-refractivity contribution in [1.29, 1.82) is 0 Å². The van der Waals surface area contributed by atoms with Crippen LogP contribution < -0.4 is 19.5 Å². The van der Waals surface area contributed by atoms with E-state index in [1.54, 1.807) is 36.4 Å². The van der Waals surface area contributed by atoms with Crippen LogP contribution in [-0.4, -0.2) is 75.4 Å². The van der Waals surface area contributed by atoms with E-state index in [9.17, 15) is 38.7 Å². The van der Waals surface area contributed by atoms with Gasteiger partial charge in [-0.15, -0.1) is 0 Å². The van der Waals surface area contributed by atoms with Crippen LogP contribution >= 0.6 is 0 Å². The van der Waals surface area contributed by atoms with Crippen molar-refractivity contribution in [2.45, 2.75) is 37.5 Å². The van der Waals surface area contributed by atoms with Crippen LogP contribution in [0.2, 0.25) is 0 Å². The molecule has 1 unspecified atom stereocenters. The largest absolute Gasteiger partial charge is 0.484 e. The molecule has 49 heavy (non-hydrogen) atoms. The quantitative estimate of drug-likeness (QED) is 0.152. The van der Waals surface area contributed by atoms with E-state index in [1.165, 1.54) is 31.2 Å². The Labute approximate surface area is 276 Å². The third-order valence-electron chi connectivity index (χ3n) is 8.10. The van der Waals surface area contributed by atoms with Gasteiger partial charge in [0, 0.05) is 47.4 Å². The lowest BCUT2D eigenvalue weighted by Gasteiger charge is -2.36. The summed E-state index contributed by atoms with van der Waals surface area (Å²) in [5.41, 5.74) is 0.131. The summed E-state index contributed by atoms with van der Waals surface area (Å²) in [6.07, 6.45) is 1.31. The van der Waals surface area contributed by atoms with Gasteiger partial charge in [-0.3, -0.25) is 24.1 Å². The zero-order valence-electron chi connectivity index (χ0n) is 25.5. The molecule has 3 aromatic rings. The van der Waals surface area contributed by atoms with Crippen molar-refractivity contribution in [3.63, 3.8) is 0 Å². The van der Waals surface area contributed by atoms with Gasteiger partial charge in [-0.1, -0.05) is 18.2 Å². The van der Waals surface area contributed by atoms with E-state index in [-0.39, 0.29) is 29.4 Å². The first-order valence-electron chi connectivity index (χ1n) is 14.8. The third kappa shape index (κ3) is 5.93. The first-order valence-corrected chi connectivity index (χ1v) is 14.8. The number of carboxylic acid groups (broad SMARTS) is 2. The van der Waals surface area contributed by atoms with E-state index in [0.717, 1.165) is 17.1 Å². The highest BCUT2D eigenvalue weighted by atomic mass is 16.6. The molecule has 15 heteroatoms. The highest BCUT2D eigenvalue weighted by molar-refractivity contribution is 6.14. The fourth-order valence-electron chi connectivity index (χ4n) is 5.80. The summed E-state index contributed by atoms with van der Waals surface area (Å²) >= 11 is 0. The number of nitrogens with one attached hydrogen (secondary N) is 1. The fourth-order valence-corrected chi connectivity index (χ4v) is 5.80. The van der Waals surface area contributed by atoms with Gasteiger partial charge in [0.1, 0.15) is 35.1 Å². The standard InChI is InChI=1S/C34H26N2O13/c1-17(36-28(38)11-12-29(36)39)32(44)47-19-7-9-23-26(15-19)48-25-14-18(46-16-27(37)35-24(31(42)43)10-13-30(40)41)6-8-22(25)34(23)21-5-3-2-4-20(21)33(45)49-34/h2-9,11-12,14-15,17,24H,10,13,16H2,1H3,(H,35,37)(H,40,41)(H,42,43)/t17-,24-,34?/m0/s1. The van der Waals surface area contributed by atoms with Crippen molar-refractivity contribution in [2.75, 3.05) is 6.61 Å². The predicted octanol–water partition coefficient (Wildman–Crippen LogP) is 2.29. The van der Waals surface area contributed by atoms with Gasteiger partial charge in [-0.2, -0.15) is 0 Å². The number of imide groups is 1. The molecule has 3 heterocycles. The van der Waals surface area contributed by atoms with Crippen LogP contribution in [0.15, 0.2) is 72.8 Å². The van der Waals surface area contributed by atoms with Crippen molar-refractivity contribution < 1.29 is 62.7 Å². The first kappa shape index (κ1) is 32.4. The number of esters is 2. The SMILES string of the molecule is C[C@@H](C(=O)Oc1ccc2c(c1)Oc1cc(OCC(=O)N[C@@H](CCC(=O)O)C(=O)O)ccc1C21OC(=O)c2ccccc21)N1C(=O)C=CC1=O. The number of carbonyl (C=O) groups excluding carboxylic acids is 5. The zero-order valence-corrected chi connectivity index (χ0v) is 25.5. The Balaban J connectivity index is 1.29. The van der Waals surface area contributed by atoms with E-state index in [2.05, 4.69) is 5.32 Å². The van der Waals surface area contributed by atoms with Crippen molar-refractivity contribution >= 4 is 41.6 Å². The number of amides is 3. The molecule has 3 N–H and O–H groups in total. The van der Waals surface area contributed by atoms with E-state index < -0.39 is 72.3 Å². The molecule has 6 rings (SSSR count). The van der Waals surface area contributed by atoms with Crippen LogP contribution in [-0.2, 0) is 39.1 Å². The second kappa shape index (κ2) is 12.6. The molecule has 0 saturated carbocycles. The molecule has 0 aromatic heterocycles. The molecule has 1 spiro atoms. The lowest BCUT2D eigenvalue weighted by atomic mass is 9.77. The van der Waals surface area contributed by atoms with Gasteiger partial charge in [-0.05, 0) is 43.7 Å². The Morgan fingerprint density at radius 2 is 1.51 bits per heavy atom. The normalized spacial score (nSPS) is 18.1. The Morgan fingerprint density at radius 1 is 0.878 bits per heavy atom. The molecule has 250 valence electrons. The molecular formula is C34H26N2O13. The second-order valence-electron chi connectivity index (χ2n) is 11.2. The molecule has 3 aliphatic heterocycles. The molecule has 3 amide bonds. The fraction of sp³-hybridized carbons (Fsp3) is 0.206. The minimum atomic E-state index is -1.50. The van der Waals surface area contributed by atoms with Gasteiger partial charge in [0.25, 0.3) is 17.7 Å². The molecular weight excluding hydrogens is 644 g/mol. The van der Waals surface area contributed by atoms with Gasteiger partial charge in [0.15, 0.2) is 12.2 Å². The number of ether oxygens (including phenoxy) is 4. The van der Waals surface area contributed by atoms with Gasteiger partial charge in [-0.25, -0.2) is 14.4 Å². The Kier molecular flexibility index (Phi) is 8.34. The number of benzene rings is 3. The van der Waals surface area contributed by atoms with Crippen LogP contribution in [0.25, 0.3) is 0 Å². The lowest BCUT2D eigenvalue weighted by molar-refractivity contribution is -0.150. The monoisotopic (exact) mass is 670 g/mol. The molecule has 3 aliphatic rings. The Bertz CT molecular complexity index is 1970. The summed E-state index contributed by atoms with van der Waals surface area (Å²) in [5, 5.41) is 20.4. The number of carboxylic acids is 2. The highest BCUT2D eigenvalue weighted by Crippen LogP contribution is 2.57. The van der Waals surface area contributed by atoms with Gasteiger partial charge < -0.3 is 34.5 Å². The zero-order chi connectivity index (χ0) is 35.0. The maximum Gasteiger partial charge on any atom is 0.340 e. The minimum absolute atomic E-state index is 0.00109. The highest BCUT2D eigenvalue weighted by Gasteiger charge is 2.53. The van der Waals surface area contributed by atoms with E-state index in [1.807, 2.05) is 0 Å². The number of aliphatic carboxylic acids is 2. The third-order valence-corrected chi connectivity index (χ3v) is 8.10. The predicted molar refractivity (Wildman–Crippen MR) is 163 cm³/mol. The van der Waals surface area contributed by atoms with E-state index in [4.69, 9.17) is 24.1 Å². The first-order chi connectivity index (χ1) is 23.4. The van der Waals surface area contributed by atoms with Crippen LogP contribution in [0.3, 0.4) is 0 Å². The summed E-state index contributed by atoms with van der Waals surface area (Å²) in [6, 6.07) is 13.0. The van der Waals surface area contributed by atoms with Crippen LogP contribution in [0.1, 0.15) is 46.8 Å². The summed E-state index contributed by atoms with van der Waals surface area (Å²) in [6.45, 7) is 0.727. The van der Waals surface area contributed by atoms with Crippen molar-refractivity contribution in [3.8, 4) is 23.0 Å². The number of carbonyl (C=O) groups is 7. The lowest BCUT2D eigenvalue weighted by Crippen LogP contribution is -2.44. The Hall–Kier alpha value is -6.51. The van der Waals surface area contributed by atoms with E-state index in [0.29, 0.717) is 22.3 Å².